The highest BCUT2D eigenvalue weighted by atomic mass is 79.9. The molecule has 0 aromatic carbocycles. The molecule has 2 rings (SSSR count). The highest BCUT2D eigenvalue weighted by Gasteiger charge is 2.02. The van der Waals surface area contributed by atoms with E-state index in [4.69, 9.17) is 10.5 Å². The Kier molecular flexibility index (Phi) is 3.23. The van der Waals surface area contributed by atoms with Crippen LogP contribution in [0.3, 0.4) is 0 Å². The minimum Gasteiger partial charge on any atom is -0.484 e. The second-order valence-electron chi connectivity index (χ2n) is 2.91. The molecule has 0 aliphatic carbocycles. The molecule has 0 fully saturated rings. The van der Waals surface area contributed by atoms with E-state index in [9.17, 15) is 0 Å². The van der Waals surface area contributed by atoms with Crippen LogP contribution in [-0.4, -0.2) is 4.98 Å². The number of thiophene rings is 1. The number of hydrogen-bond donors (Lipinski definition) is 1. The zero-order valence-corrected chi connectivity index (χ0v) is 10.2. The smallest absolute Gasteiger partial charge is 0.166 e. The van der Waals surface area contributed by atoms with Gasteiger partial charge >= 0.3 is 0 Å². The Balaban J connectivity index is 2.02. The van der Waals surface area contributed by atoms with Gasteiger partial charge in [0.05, 0.1) is 0 Å². The quantitative estimate of drug-likeness (QED) is 0.942. The van der Waals surface area contributed by atoms with Crippen LogP contribution >= 0.6 is 27.3 Å². The Morgan fingerprint density at radius 1 is 1.53 bits per heavy atom. The predicted molar refractivity (Wildman–Crippen MR) is 65.0 cm³/mol. The molecule has 2 aromatic heterocycles. The number of nitrogens with two attached hydrogens (primary N) is 1. The minimum atomic E-state index is 0.424. The average Bonchev–Trinajstić information content (AvgIpc) is 2.63. The van der Waals surface area contributed by atoms with Crippen LogP contribution in [0.5, 0.6) is 5.75 Å². The average molecular weight is 285 g/mol. The van der Waals surface area contributed by atoms with Crippen LogP contribution in [0, 0.1) is 0 Å². The monoisotopic (exact) mass is 284 g/mol. The maximum Gasteiger partial charge on any atom is 0.166 e. The van der Waals surface area contributed by atoms with E-state index in [1.54, 1.807) is 23.6 Å². The van der Waals surface area contributed by atoms with Gasteiger partial charge in [-0.25, -0.2) is 4.98 Å². The molecule has 3 nitrogen and oxygen atoms in total. The lowest BCUT2D eigenvalue weighted by Crippen LogP contribution is -1.98. The zero-order chi connectivity index (χ0) is 10.7. The van der Waals surface area contributed by atoms with Gasteiger partial charge in [-0.1, -0.05) is 0 Å². The van der Waals surface area contributed by atoms with Crippen molar-refractivity contribution < 1.29 is 4.74 Å². The molecule has 0 aliphatic rings. The number of hydrogen-bond acceptors (Lipinski definition) is 4. The second-order valence-corrected chi connectivity index (χ2v) is 4.82. The Labute approximate surface area is 100 Å². The third-order valence-electron chi connectivity index (χ3n) is 1.79. The Bertz CT molecular complexity index is 458. The molecular formula is C10H9BrN2OS. The summed E-state index contributed by atoms with van der Waals surface area (Å²) in [6, 6.07) is 5.64. The van der Waals surface area contributed by atoms with Crippen LogP contribution in [0.25, 0.3) is 0 Å². The number of halogens is 1. The van der Waals surface area contributed by atoms with Gasteiger partial charge in [0.1, 0.15) is 6.61 Å². The molecule has 0 radical (unpaired) electrons. The number of aromatic nitrogens is 1. The van der Waals surface area contributed by atoms with E-state index in [0.717, 1.165) is 9.35 Å². The third-order valence-corrected chi connectivity index (χ3v) is 3.46. The summed E-state index contributed by atoms with van der Waals surface area (Å²) in [5.41, 5.74) is 5.65. The summed E-state index contributed by atoms with van der Waals surface area (Å²) in [6.45, 7) is 0.520. The van der Waals surface area contributed by atoms with Gasteiger partial charge in [-0.3, -0.25) is 0 Å². The fourth-order valence-electron chi connectivity index (χ4n) is 1.10. The first-order valence-electron chi connectivity index (χ1n) is 4.32. The fraction of sp³-hybridized carbons (Fsp3) is 0.100. The summed E-state index contributed by atoms with van der Waals surface area (Å²) >= 11 is 5.03. The number of pyridine rings is 1. The minimum absolute atomic E-state index is 0.424. The van der Waals surface area contributed by atoms with E-state index in [-0.39, 0.29) is 0 Å². The maximum absolute atomic E-state index is 5.65. The lowest BCUT2D eigenvalue weighted by molar-refractivity contribution is 0.310. The number of nitrogens with zero attached hydrogens (tertiary/aromatic N) is 1. The Hall–Kier alpha value is -1.07. The van der Waals surface area contributed by atoms with Gasteiger partial charge in [-0.15, -0.1) is 11.3 Å². The standard InChI is InChI=1S/C10H9BrN2OS/c11-7-4-8(15-6-7)5-14-9-2-1-3-13-10(9)12/h1-4,6H,5H2,(H2,12,13). The van der Waals surface area contributed by atoms with Crippen LogP contribution < -0.4 is 10.5 Å². The summed E-state index contributed by atoms with van der Waals surface area (Å²) in [6.07, 6.45) is 1.64. The second kappa shape index (κ2) is 4.63. The number of anilines is 1. The molecule has 0 aliphatic heterocycles. The lowest BCUT2D eigenvalue weighted by Gasteiger charge is -2.05. The van der Waals surface area contributed by atoms with Crippen molar-refractivity contribution in [1.82, 2.24) is 4.98 Å². The van der Waals surface area contributed by atoms with Crippen LogP contribution in [0.2, 0.25) is 0 Å². The molecule has 0 saturated heterocycles. The Morgan fingerprint density at radius 3 is 3.07 bits per heavy atom. The van der Waals surface area contributed by atoms with Crippen molar-refractivity contribution in [3.8, 4) is 5.75 Å². The fourth-order valence-corrected chi connectivity index (χ4v) is 2.47. The van der Waals surface area contributed by atoms with E-state index >= 15 is 0 Å². The maximum atomic E-state index is 5.65. The zero-order valence-electron chi connectivity index (χ0n) is 7.81. The molecule has 0 saturated carbocycles. The van der Waals surface area contributed by atoms with Crippen molar-refractivity contribution in [2.45, 2.75) is 6.61 Å². The number of nitrogen functional groups attached to an aromatic ring is 1. The van der Waals surface area contributed by atoms with Gasteiger partial charge < -0.3 is 10.5 Å². The van der Waals surface area contributed by atoms with Gasteiger partial charge in [0.2, 0.25) is 0 Å². The SMILES string of the molecule is Nc1ncccc1OCc1cc(Br)cs1. The molecule has 0 bridgehead atoms. The van der Waals surface area contributed by atoms with Crippen LogP contribution in [-0.2, 0) is 6.61 Å². The van der Waals surface area contributed by atoms with E-state index in [2.05, 4.69) is 20.9 Å². The normalized spacial score (nSPS) is 10.2. The highest BCUT2D eigenvalue weighted by molar-refractivity contribution is 9.10. The van der Waals surface area contributed by atoms with Gasteiger partial charge in [-0.2, -0.15) is 0 Å². The van der Waals surface area contributed by atoms with Gasteiger partial charge in [0, 0.05) is 20.9 Å². The number of rotatable bonds is 3. The van der Waals surface area contributed by atoms with Crippen molar-refractivity contribution in [3.05, 3.63) is 39.1 Å². The molecule has 0 unspecified atom stereocenters. The van der Waals surface area contributed by atoms with E-state index in [1.807, 2.05) is 17.5 Å². The molecule has 5 heteroatoms. The van der Waals surface area contributed by atoms with Crippen LogP contribution in [0.15, 0.2) is 34.2 Å². The largest absolute Gasteiger partial charge is 0.484 e. The first kappa shape index (κ1) is 10.4. The lowest BCUT2D eigenvalue weighted by atomic mass is 10.4. The third kappa shape index (κ3) is 2.70. The van der Waals surface area contributed by atoms with Crippen molar-refractivity contribution in [2.75, 3.05) is 5.73 Å². The summed E-state index contributed by atoms with van der Waals surface area (Å²) in [4.78, 5) is 5.09. The topological polar surface area (TPSA) is 48.1 Å². The molecular weight excluding hydrogens is 276 g/mol. The number of ether oxygens (including phenoxy) is 1. The molecule has 2 aromatic rings. The van der Waals surface area contributed by atoms with Crippen molar-refractivity contribution in [2.24, 2.45) is 0 Å². The van der Waals surface area contributed by atoms with Gasteiger partial charge in [-0.05, 0) is 34.1 Å². The first-order chi connectivity index (χ1) is 7.25. The van der Waals surface area contributed by atoms with Crippen molar-refractivity contribution in [3.63, 3.8) is 0 Å². The first-order valence-corrected chi connectivity index (χ1v) is 5.99. The molecule has 0 amide bonds. The van der Waals surface area contributed by atoms with Crippen molar-refractivity contribution >= 4 is 33.1 Å². The molecule has 2 heterocycles. The van der Waals surface area contributed by atoms with E-state index in [1.165, 1.54) is 0 Å². The van der Waals surface area contributed by atoms with E-state index in [0.29, 0.717) is 18.2 Å². The predicted octanol–water partition coefficient (Wildman–Crippen LogP) is 3.07. The van der Waals surface area contributed by atoms with Crippen LogP contribution in [0.1, 0.15) is 4.88 Å². The summed E-state index contributed by atoms with van der Waals surface area (Å²) < 4.78 is 6.61. The molecule has 15 heavy (non-hydrogen) atoms. The molecule has 2 N–H and O–H groups in total. The van der Waals surface area contributed by atoms with Gasteiger partial charge in [0.15, 0.2) is 11.6 Å². The van der Waals surface area contributed by atoms with Gasteiger partial charge in [0.25, 0.3) is 0 Å². The summed E-state index contributed by atoms with van der Waals surface area (Å²) in [5, 5.41) is 2.02. The summed E-state index contributed by atoms with van der Waals surface area (Å²) in [7, 11) is 0. The molecule has 78 valence electrons. The summed E-state index contributed by atoms with van der Waals surface area (Å²) in [5.74, 6) is 1.05. The van der Waals surface area contributed by atoms with E-state index < -0.39 is 0 Å². The van der Waals surface area contributed by atoms with Crippen LogP contribution in [0.4, 0.5) is 5.82 Å². The molecule has 0 atom stereocenters. The Morgan fingerprint density at radius 2 is 2.40 bits per heavy atom. The molecule has 0 spiro atoms. The van der Waals surface area contributed by atoms with Crippen molar-refractivity contribution in [1.29, 1.82) is 0 Å². The highest BCUT2D eigenvalue weighted by Crippen LogP contribution is 2.23.